The summed E-state index contributed by atoms with van der Waals surface area (Å²) in [5.74, 6) is -9.84. The lowest BCUT2D eigenvalue weighted by molar-refractivity contribution is -0.411. The van der Waals surface area contributed by atoms with Crippen LogP contribution in [0.3, 0.4) is 0 Å². The highest BCUT2D eigenvalue weighted by Gasteiger charge is 2.66. The molecular weight excluding hydrogens is 402 g/mol. The fourth-order valence-electron chi connectivity index (χ4n) is 2.97. The van der Waals surface area contributed by atoms with Crippen molar-refractivity contribution in [3.05, 3.63) is 0 Å². The van der Waals surface area contributed by atoms with E-state index < -0.39 is 67.2 Å². The number of quaternary nitrogens is 1. The highest BCUT2D eigenvalue weighted by atomic mass is 19.3. The summed E-state index contributed by atoms with van der Waals surface area (Å²) in [5.41, 5.74) is 3.41. The second-order valence-corrected chi connectivity index (χ2v) is 7.14. The fourth-order valence-corrected chi connectivity index (χ4v) is 2.97. The monoisotopic (exact) mass is 431 g/mol. The van der Waals surface area contributed by atoms with Gasteiger partial charge in [0.2, 0.25) is 5.91 Å². The van der Waals surface area contributed by atoms with Crippen LogP contribution >= 0.6 is 0 Å². The van der Waals surface area contributed by atoms with Crippen molar-refractivity contribution in [2.24, 2.45) is 0 Å². The molecule has 6 atom stereocenters. The number of halogens is 2. The van der Waals surface area contributed by atoms with E-state index in [4.69, 9.17) is 10.2 Å². The van der Waals surface area contributed by atoms with Gasteiger partial charge < -0.3 is 46.0 Å². The maximum absolute atomic E-state index is 14.8. The minimum absolute atomic E-state index is 0.172. The molecule has 0 aromatic rings. The number of nitrogens with zero attached hydrogens (tertiary/aromatic N) is 1. The van der Waals surface area contributed by atoms with Gasteiger partial charge in [-0.05, 0) is 12.8 Å². The predicted octanol–water partition coefficient (Wildman–Crippen LogP) is -3.50. The molecule has 29 heavy (non-hydrogen) atoms. The molecule has 1 heterocycles. The van der Waals surface area contributed by atoms with E-state index in [2.05, 4.69) is 10.5 Å². The smallest absolute Gasteiger partial charge is 0.362 e. The number of hydrogen-bond donors (Lipinski definition) is 7. The Bertz CT molecular complexity index is 581. The number of hydrogen-bond acceptors (Lipinski definition) is 8. The Morgan fingerprint density at radius 3 is 2.31 bits per heavy atom. The van der Waals surface area contributed by atoms with Crippen molar-refractivity contribution < 1.29 is 59.5 Å². The number of amides is 1. The lowest BCUT2D eigenvalue weighted by Crippen LogP contribution is -2.73. The molecule has 0 spiro atoms. The van der Waals surface area contributed by atoms with E-state index in [9.17, 15) is 38.8 Å². The van der Waals surface area contributed by atoms with Gasteiger partial charge in [0.05, 0.1) is 13.2 Å². The average molecular weight is 431 g/mol. The number of alkyl halides is 2. The number of carboxylic acids is 1. The van der Waals surface area contributed by atoms with Crippen LogP contribution in [0.5, 0.6) is 0 Å². The maximum atomic E-state index is 14.8. The lowest BCUT2D eigenvalue weighted by atomic mass is 9.88. The van der Waals surface area contributed by atoms with Crippen molar-refractivity contribution in [3.8, 4) is 0 Å². The summed E-state index contributed by atoms with van der Waals surface area (Å²) in [6.45, 7) is -1.59. The minimum Gasteiger partial charge on any atom is -0.477 e. The van der Waals surface area contributed by atoms with Crippen LogP contribution in [0.15, 0.2) is 0 Å². The lowest BCUT2D eigenvalue weighted by Gasteiger charge is -2.48. The first kappa shape index (κ1) is 25.6. The van der Waals surface area contributed by atoms with Gasteiger partial charge in [0, 0.05) is 19.9 Å². The topological polar surface area (TPSA) is 196 Å². The molecule has 1 aliphatic rings. The molecule has 0 saturated carbocycles. The van der Waals surface area contributed by atoms with Gasteiger partial charge in [-0.3, -0.25) is 4.79 Å². The van der Waals surface area contributed by atoms with Crippen LogP contribution in [0.4, 0.5) is 8.78 Å². The molecule has 13 heteroatoms. The van der Waals surface area contributed by atoms with Crippen molar-refractivity contribution >= 4 is 11.9 Å². The predicted molar refractivity (Wildman–Crippen MR) is 90.3 cm³/mol. The molecule has 0 bridgehead atoms. The Morgan fingerprint density at radius 2 is 1.83 bits per heavy atom. The second-order valence-electron chi connectivity index (χ2n) is 7.14. The first-order valence-corrected chi connectivity index (χ1v) is 9.03. The molecule has 11 nitrogen and oxygen atoms in total. The molecule has 170 valence electrons. The summed E-state index contributed by atoms with van der Waals surface area (Å²) in [5, 5.41) is 57.4. The van der Waals surface area contributed by atoms with Gasteiger partial charge in [-0.1, -0.05) is 0 Å². The van der Waals surface area contributed by atoms with E-state index in [1.54, 1.807) is 0 Å². The van der Waals surface area contributed by atoms with Crippen molar-refractivity contribution in [2.75, 3.05) is 19.7 Å². The molecule has 1 fully saturated rings. The van der Waals surface area contributed by atoms with Crippen LogP contribution in [0.25, 0.3) is 0 Å². The molecule has 1 rings (SSSR count). The number of carbonyl (C=O) groups is 2. The SMILES string of the molecule is CC(=O)N(CCCC[C@H]([NH3+])C(=O)O)CC(F)(F)[C@]1(O)O[C@H](CO)[C@H](O)[C@H](O)[C@H]1O. The third-order valence-corrected chi connectivity index (χ3v) is 4.90. The van der Waals surface area contributed by atoms with Gasteiger partial charge in [-0.15, -0.1) is 0 Å². The summed E-state index contributed by atoms with van der Waals surface area (Å²) in [6, 6.07) is -0.878. The summed E-state index contributed by atoms with van der Waals surface area (Å²) < 4.78 is 34.3. The number of carbonyl (C=O) groups excluding carboxylic acids is 1. The summed E-state index contributed by atoms with van der Waals surface area (Å²) in [6.07, 6.45) is -7.92. The molecule has 0 aliphatic carbocycles. The summed E-state index contributed by atoms with van der Waals surface area (Å²) in [4.78, 5) is 23.1. The normalized spacial score (nSPS) is 31.3. The van der Waals surface area contributed by atoms with Crippen LogP contribution in [0.1, 0.15) is 26.2 Å². The van der Waals surface area contributed by atoms with Gasteiger partial charge in [-0.2, -0.15) is 8.78 Å². The van der Waals surface area contributed by atoms with Crippen LogP contribution < -0.4 is 5.73 Å². The Balaban J connectivity index is 2.86. The number of unbranched alkanes of at least 4 members (excludes halogenated alkanes) is 1. The van der Waals surface area contributed by atoms with Gasteiger partial charge in [0.15, 0.2) is 6.04 Å². The summed E-state index contributed by atoms with van der Waals surface area (Å²) in [7, 11) is 0. The van der Waals surface area contributed by atoms with E-state index >= 15 is 0 Å². The van der Waals surface area contributed by atoms with Crippen LogP contribution in [-0.2, 0) is 14.3 Å². The Kier molecular flexibility index (Phi) is 8.83. The standard InChI is InChI=1S/C16H28F2N2O9/c1-8(22)20(5-3-2-4-9(19)14(26)27)7-15(17,18)16(28)13(25)12(24)11(23)10(6-21)29-16/h9-13,21,23-25,28H,2-7,19H2,1H3,(H,26,27)/p+1/t9-,10+,11-,12-,13+,16+/m0/s1. The molecule has 0 unspecified atom stereocenters. The quantitative estimate of drug-likeness (QED) is 0.172. The van der Waals surface area contributed by atoms with Gasteiger partial charge >= 0.3 is 11.9 Å². The van der Waals surface area contributed by atoms with Crippen molar-refractivity contribution in [1.29, 1.82) is 0 Å². The van der Waals surface area contributed by atoms with E-state index in [0.717, 1.165) is 6.92 Å². The van der Waals surface area contributed by atoms with Gasteiger partial charge in [-0.25, -0.2) is 4.79 Å². The molecule has 9 N–H and O–H groups in total. The highest BCUT2D eigenvalue weighted by molar-refractivity contribution is 5.73. The van der Waals surface area contributed by atoms with Crippen molar-refractivity contribution in [2.45, 2.75) is 68.4 Å². The molecule has 1 saturated heterocycles. The van der Waals surface area contributed by atoms with Gasteiger partial charge in [0.25, 0.3) is 5.79 Å². The maximum Gasteiger partial charge on any atom is 0.362 e. The highest BCUT2D eigenvalue weighted by Crippen LogP contribution is 2.40. The van der Waals surface area contributed by atoms with Crippen molar-refractivity contribution in [3.63, 3.8) is 0 Å². The minimum atomic E-state index is -4.29. The summed E-state index contributed by atoms with van der Waals surface area (Å²) >= 11 is 0. The Hall–Kier alpha value is -1.48. The van der Waals surface area contributed by atoms with Crippen LogP contribution in [-0.4, -0.2) is 109 Å². The molecule has 0 aromatic heterocycles. The zero-order chi connectivity index (χ0) is 22.6. The second kappa shape index (κ2) is 10.0. The third-order valence-electron chi connectivity index (χ3n) is 4.90. The zero-order valence-electron chi connectivity index (χ0n) is 15.9. The molecular formula is C16H29F2N2O9+. The average Bonchev–Trinajstić information content (AvgIpc) is 2.64. The third kappa shape index (κ3) is 5.78. The number of carboxylic acid groups (broad SMARTS) is 1. The van der Waals surface area contributed by atoms with E-state index in [-0.39, 0.29) is 25.8 Å². The van der Waals surface area contributed by atoms with E-state index in [0.29, 0.717) is 4.90 Å². The number of aliphatic hydroxyl groups is 5. The fraction of sp³-hybridized carbons (Fsp3) is 0.875. The van der Waals surface area contributed by atoms with E-state index in [1.165, 1.54) is 0 Å². The Morgan fingerprint density at radius 1 is 1.24 bits per heavy atom. The number of aliphatic carboxylic acids is 1. The van der Waals surface area contributed by atoms with Crippen LogP contribution in [0, 0.1) is 0 Å². The number of ether oxygens (including phenoxy) is 1. The first-order valence-electron chi connectivity index (χ1n) is 9.03. The first-order chi connectivity index (χ1) is 13.3. The van der Waals surface area contributed by atoms with E-state index in [1.807, 2.05) is 0 Å². The number of aliphatic hydroxyl groups excluding tert-OH is 4. The molecule has 1 amide bonds. The molecule has 1 aliphatic heterocycles. The van der Waals surface area contributed by atoms with Crippen molar-refractivity contribution in [1.82, 2.24) is 4.90 Å². The largest absolute Gasteiger partial charge is 0.477 e. The van der Waals surface area contributed by atoms with Crippen LogP contribution in [0.2, 0.25) is 0 Å². The molecule has 0 radical (unpaired) electrons. The number of rotatable bonds is 10. The van der Waals surface area contributed by atoms with Gasteiger partial charge in [0.1, 0.15) is 24.4 Å². The molecule has 0 aromatic carbocycles. The zero-order valence-corrected chi connectivity index (χ0v) is 15.9. The Labute approximate surface area is 165 Å².